The highest BCUT2D eigenvalue weighted by atomic mass is 32.1. The van der Waals surface area contributed by atoms with Crippen LogP contribution < -0.4 is 0 Å². The van der Waals surface area contributed by atoms with Crippen molar-refractivity contribution in [1.29, 1.82) is 0 Å². The molecule has 0 atom stereocenters. The lowest BCUT2D eigenvalue weighted by molar-refractivity contribution is 0.631. The van der Waals surface area contributed by atoms with Crippen molar-refractivity contribution in [3.05, 3.63) is 71.4 Å². The maximum absolute atomic E-state index is 5.93. The molecule has 0 aliphatic rings. The second-order valence-corrected chi connectivity index (χ2v) is 5.52. The largest absolute Gasteiger partial charge is 0.456 e. The predicted octanol–water partition coefficient (Wildman–Crippen LogP) is 5.83. The zero-order valence-corrected chi connectivity index (χ0v) is 11.6. The van der Waals surface area contributed by atoms with Crippen molar-refractivity contribution in [2.45, 2.75) is 0 Å². The van der Waals surface area contributed by atoms with Crippen molar-refractivity contribution in [2.75, 3.05) is 0 Å². The van der Waals surface area contributed by atoms with E-state index < -0.39 is 0 Å². The van der Waals surface area contributed by atoms with Crippen LogP contribution in [0.15, 0.2) is 75.8 Å². The summed E-state index contributed by atoms with van der Waals surface area (Å²) in [5.74, 6) is 0.920. The summed E-state index contributed by atoms with van der Waals surface area (Å²) >= 11 is 1.72. The third-order valence-corrected chi connectivity index (χ3v) is 4.11. The molecule has 1 nitrogen and oxygen atoms in total. The van der Waals surface area contributed by atoms with Crippen LogP contribution in [-0.4, -0.2) is 0 Å². The molecule has 0 N–H and O–H groups in total. The number of hydrogen-bond acceptors (Lipinski definition) is 2. The second kappa shape index (κ2) is 4.66. The molecule has 0 spiro atoms. The molecule has 2 aromatic carbocycles. The highest BCUT2D eigenvalue weighted by molar-refractivity contribution is 7.08. The summed E-state index contributed by atoms with van der Waals surface area (Å²) in [5.41, 5.74) is 4.54. The molecule has 0 saturated heterocycles. The maximum atomic E-state index is 5.93. The average molecular weight is 276 g/mol. The molecule has 2 heteroatoms. The van der Waals surface area contributed by atoms with Gasteiger partial charge in [0.1, 0.15) is 11.3 Å². The van der Waals surface area contributed by atoms with E-state index in [1.807, 2.05) is 18.2 Å². The van der Waals surface area contributed by atoms with Gasteiger partial charge in [-0.3, -0.25) is 0 Å². The Bertz CT molecular complexity index is 842. The molecule has 0 aliphatic heterocycles. The fourth-order valence-electron chi connectivity index (χ4n) is 2.40. The van der Waals surface area contributed by atoms with Crippen LogP contribution in [0.25, 0.3) is 33.4 Å². The Balaban J connectivity index is 1.84. The Morgan fingerprint density at radius 2 is 1.65 bits per heavy atom. The van der Waals surface area contributed by atoms with Crippen molar-refractivity contribution >= 4 is 22.3 Å². The van der Waals surface area contributed by atoms with E-state index in [-0.39, 0.29) is 0 Å². The quantitative estimate of drug-likeness (QED) is 0.449. The first-order valence-corrected chi connectivity index (χ1v) is 7.46. The summed E-state index contributed by atoms with van der Waals surface area (Å²) in [6.07, 6.45) is 0. The number of rotatable bonds is 2. The third kappa shape index (κ3) is 1.95. The molecule has 0 amide bonds. The first-order valence-electron chi connectivity index (χ1n) is 6.52. The first-order chi connectivity index (χ1) is 9.90. The Morgan fingerprint density at radius 1 is 0.750 bits per heavy atom. The molecule has 0 radical (unpaired) electrons. The van der Waals surface area contributed by atoms with Gasteiger partial charge in [-0.2, -0.15) is 11.3 Å². The van der Waals surface area contributed by atoms with Crippen molar-refractivity contribution in [3.63, 3.8) is 0 Å². The van der Waals surface area contributed by atoms with Gasteiger partial charge in [0.15, 0.2) is 0 Å². The van der Waals surface area contributed by atoms with Crippen LogP contribution in [0.3, 0.4) is 0 Å². The first kappa shape index (κ1) is 11.5. The van der Waals surface area contributed by atoms with Crippen molar-refractivity contribution in [2.24, 2.45) is 0 Å². The minimum atomic E-state index is 0.920. The molecule has 0 bridgehead atoms. The molecule has 0 aliphatic carbocycles. The molecule has 4 aromatic rings. The summed E-state index contributed by atoms with van der Waals surface area (Å²) in [6.45, 7) is 0. The zero-order valence-electron chi connectivity index (χ0n) is 10.7. The van der Waals surface area contributed by atoms with Crippen LogP contribution in [-0.2, 0) is 0 Å². The summed E-state index contributed by atoms with van der Waals surface area (Å²) in [7, 11) is 0. The molecule has 20 heavy (non-hydrogen) atoms. The number of thiophene rings is 1. The van der Waals surface area contributed by atoms with E-state index in [1.165, 1.54) is 11.1 Å². The molecule has 0 saturated carbocycles. The molecule has 2 aromatic heterocycles. The van der Waals surface area contributed by atoms with Gasteiger partial charge < -0.3 is 4.42 Å². The Labute approximate surface area is 121 Å². The summed E-state index contributed by atoms with van der Waals surface area (Å²) in [5, 5.41) is 5.41. The van der Waals surface area contributed by atoms with Crippen molar-refractivity contribution in [1.82, 2.24) is 0 Å². The van der Waals surface area contributed by atoms with Crippen LogP contribution in [0.4, 0.5) is 0 Å². The molecule has 0 fully saturated rings. The van der Waals surface area contributed by atoms with E-state index in [4.69, 9.17) is 4.42 Å². The topological polar surface area (TPSA) is 13.1 Å². The minimum absolute atomic E-state index is 0.920. The molecular formula is C18H12OS. The fourth-order valence-corrected chi connectivity index (χ4v) is 3.06. The number of fused-ring (bicyclic) bond motifs is 1. The van der Waals surface area contributed by atoms with Gasteiger partial charge in [0.25, 0.3) is 0 Å². The monoisotopic (exact) mass is 276 g/mol. The van der Waals surface area contributed by atoms with E-state index in [9.17, 15) is 0 Å². The summed E-state index contributed by atoms with van der Waals surface area (Å²) in [4.78, 5) is 0. The zero-order chi connectivity index (χ0) is 13.4. The third-order valence-electron chi connectivity index (χ3n) is 3.43. The Morgan fingerprint density at radius 3 is 2.45 bits per heavy atom. The normalized spacial score (nSPS) is 11.0. The summed E-state index contributed by atoms with van der Waals surface area (Å²) < 4.78 is 5.93. The standard InChI is InChI=1S/C18H12OS/c1-2-4-13(5-3-1)18-11-16-10-14(6-7-17(16)19-18)15-8-9-20-12-15/h1-12H. The van der Waals surface area contributed by atoms with E-state index in [2.05, 4.69) is 53.2 Å². The molecule has 0 unspecified atom stereocenters. The number of hydrogen-bond donors (Lipinski definition) is 0. The van der Waals surface area contributed by atoms with E-state index in [0.29, 0.717) is 0 Å². The van der Waals surface area contributed by atoms with Crippen LogP contribution >= 0.6 is 11.3 Å². The highest BCUT2D eigenvalue weighted by Crippen LogP contribution is 2.31. The van der Waals surface area contributed by atoms with Gasteiger partial charge in [-0.15, -0.1) is 0 Å². The lowest BCUT2D eigenvalue weighted by Gasteiger charge is -1.96. The molecule has 96 valence electrons. The van der Waals surface area contributed by atoms with Crippen LogP contribution in [0, 0.1) is 0 Å². The molecular weight excluding hydrogens is 264 g/mol. The van der Waals surface area contributed by atoms with Crippen LogP contribution in [0.1, 0.15) is 0 Å². The van der Waals surface area contributed by atoms with E-state index in [0.717, 1.165) is 22.3 Å². The maximum Gasteiger partial charge on any atom is 0.135 e. The second-order valence-electron chi connectivity index (χ2n) is 4.74. The van der Waals surface area contributed by atoms with Gasteiger partial charge in [0.2, 0.25) is 0 Å². The molecule has 4 rings (SSSR count). The van der Waals surface area contributed by atoms with E-state index in [1.54, 1.807) is 11.3 Å². The molecule has 2 heterocycles. The lowest BCUT2D eigenvalue weighted by Crippen LogP contribution is -1.72. The predicted molar refractivity (Wildman–Crippen MR) is 85.0 cm³/mol. The van der Waals surface area contributed by atoms with Crippen LogP contribution in [0.2, 0.25) is 0 Å². The fraction of sp³-hybridized carbons (Fsp3) is 0. The lowest BCUT2D eigenvalue weighted by atomic mass is 10.1. The minimum Gasteiger partial charge on any atom is -0.456 e. The van der Waals surface area contributed by atoms with Gasteiger partial charge in [0.05, 0.1) is 0 Å². The van der Waals surface area contributed by atoms with Crippen LogP contribution in [0.5, 0.6) is 0 Å². The number of furan rings is 1. The van der Waals surface area contributed by atoms with Crippen molar-refractivity contribution < 1.29 is 4.42 Å². The smallest absolute Gasteiger partial charge is 0.135 e. The SMILES string of the molecule is c1ccc(-c2cc3cc(-c4ccsc4)ccc3o2)cc1. The van der Waals surface area contributed by atoms with Gasteiger partial charge in [-0.05, 0) is 46.2 Å². The Hall–Kier alpha value is -2.32. The van der Waals surface area contributed by atoms with Gasteiger partial charge >= 0.3 is 0 Å². The number of benzene rings is 2. The highest BCUT2D eigenvalue weighted by Gasteiger charge is 2.07. The Kier molecular flexibility index (Phi) is 2.68. The van der Waals surface area contributed by atoms with Gasteiger partial charge in [-0.25, -0.2) is 0 Å². The van der Waals surface area contributed by atoms with Gasteiger partial charge in [-0.1, -0.05) is 36.4 Å². The van der Waals surface area contributed by atoms with Crippen molar-refractivity contribution in [3.8, 4) is 22.5 Å². The average Bonchev–Trinajstić information content (AvgIpc) is 3.16. The van der Waals surface area contributed by atoms with Gasteiger partial charge in [0, 0.05) is 10.9 Å². The summed E-state index contributed by atoms with van der Waals surface area (Å²) in [6, 6.07) is 20.8. The van der Waals surface area contributed by atoms with E-state index >= 15 is 0 Å².